The monoisotopic (exact) mass is 351 g/mol. The summed E-state index contributed by atoms with van der Waals surface area (Å²) in [4.78, 5) is 1.73. The summed E-state index contributed by atoms with van der Waals surface area (Å²) in [6.45, 7) is 2.38. The number of aryl methyl sites for hydroxylation is 1. The maximum Gasteiger partial charge on any atom is 0.453 e. The first-order valence-electron chi connectivity index (χ1n) is 7.44. The van der Waals surface area contributed by atoms with Crippen molar-refractivity contribution in [2.75, 3.05) is 19.1 Å². The summed E-state index contributed by atoms with van der Waals surface area (Å²) in [5, 5.41) is 10.7. The van der Waals surface area contributed by atoms with Crippen LogP contribution in [0.1, 0.15) is 17.0 Å². The predicted octanol–water partition coefficient (Wildman–Crippen LogP) is 3.10. The van der Waals surface area contributed by atoms with Crippen molar-refractivity contribution in [3.8, 4) is 5.75 Å². The number of alkyl halides is 3. The molecule has 0 aliphatic heterocycles. The summed E-state index contributed by atoms with van der Waals surface area (Å²) in [6, 6.07) is 8.81. The summed E-state index contributed by atoms with van der Waals surface area (Å²) in [6.07, 6.45) is -4.62. The number of rotatable bonds is 4. The van der Waals surface area contributed by atoms with Crippen molar-refractivity contribution in [3.05, 3.63) is 47.3 Å². The summed E-state index contributed by atoms with van der Waals surface area (Å²) >= 11 is 0. The van der Waals surface area contributed by atoms with E-state index in [0.29, 0.717) is 22.6 Å². The largest absolute Gasteiger partial charge is 0.496 e. The van der Waals surface area contributed by atoms with Crippen molar-refractivity contribution in [2.24, 2.45) is 0 Å². The number of halogens is 3. The molecule has 0 atom stereocenters. The van der Waals surface area contributed by atoms with Crippen LogP contribution in [0.15, 0.2) is 30.3 Å². The van der Waals surface area contributed by atoms with E-state index in [1.807, 2.05) is 25.1 Å². The SMILES string of the molecule is COc1ccc(C)cc1CN(C)c1ccc2nnc(C(F)(F)F)n2n1. The van der Waals surface area contributed by atoms with Gasteiger partial charge in [0.05, 0.1) is 7.11 Å². The highest BCUT2D eigenvalue weighted by atomic mass is 19.4. The molecule has 0 unspecified atom stereocenters. The highest BCUT2D eigenvalue weighted by Crippen LogP contribution is 2.28. The van der Waals surface area contributed by atoms with Crippen LogP contribution in [0, 0.1) is 6.92 Å². The van der Waals surface area contributed by atoms with Crippen LogP contribution in [-0.2, 0) is 12.7 Å². The number of fused-ring (bicyclic) bond motifs is 1. The molecule has 0 spiro atoms. The van der Waals surface area contributed by atoms with Gasteiger partial charge in [0.15, 0.2) is 5.65 Å². The van der Waals surface area contributed by atoms with E-state index >= 15 is 0 Å². The van der Waals surface area contributed by atoms with Gasteiger partial charge in [0.1, 0.15) is 11.6 Å². The van der Waals surface area contributed by atoms with Crippen molar-refractivity contribution in [3.63, 3.8) is 0 Å². The molecule has 3 rings (SSSR count). The summed E-state index contributed by atoms with van der Waals surface area (Å²) in [5.41, 5.74) is 2.01. The molecule has 0 aliphatic carbocycles. The van der Waals surface area contributed by atoms with E-state index in [1.165, 1.54) is 6.07 Å². The van der Waals surface area contributed by atoms with Gasteiger partial charge in [0.2, 0.25) is 0 Å². The van der Waals surface area contributed by atoms with E-state index < -0.39 is 12.0 Å². The number of hydrogen-bond donors (Lipinski definition) is 0. The molecule has 132 valence electrons. The van der Waals surface area contributed by atoms with Gasteiger partial charge in [-0.25, -0.2) is 0 Å². The fraction of sp³-hybridized carbons (Fsp3) is 0.312. The van der Waals surface area contributed by atoms with Gasteiger partial charge in [-0.15, -0.1) is 15.3 Å². The molecular formula is C16H16F3N5O. The Morgan fingerprint density at radius 1 is 1.16 bits per heavy atom. The van der Waals surface area contributed by atoms with E-state index in [-0.39, 0.29) is 5.65 Å². The lowest BCUT2D eigenvalue weighted by Crippen LogP contribution is -2.20. The van der Waals surface area contributed by atoms with Crippen LogP contribution in [0.4, 0.5) is 19.0 Å². The van der Waals surface area contributed by atoms with Crippen molar-refractivity contribution in [1.29, 1.82) is 0 Å². The first-order valence-corrected chi connectivity index (χ1v) is 7.44. The number of benzene rings is 1. The quantitative estimate of drug-likeness (QED) is 0.723. The molecular weight excluding hydrogens is 335 g/mol. The third-order valence-corrected chi connectivity index (χ3v) is 3.74. The minimum atomic E-state index is -4.62. The fourth-order valence-electron chi connectivity index (χ4n) is 2.53. The smallest absolute Gasteiger partial charge is 0.453 e. The summed E-state index contributed by atoms with van der Waals surface area (Å²) in [7, 11) is 3.32. The second kappa shape index (κ2) is 6.23. The van der Waals surface area contributed by atoms with Gasteiger partial charge in [0.25, 0.3) is 5.82 Å². The molecule has 1 aromatic carbocycles. The zero-order valence-electron chi connectivity index (χ0n) is 13.9. The maximum atomic E-state index is 13.0. The minimum absolute atomic E-state index is 0.0395. The summed E-state index contributed by atoms with van der Waals surface area (Å²) in [5.74, 6) is -0.0777. The van der Waals surface area contributed by atoms with Crippen molar-refractivity contribution in [1.82, 2.24) is 19.8 Å². The molecule has 0 aliphatic rings. The van der Waals surface area contributed by atoms with Crippen LogP contribution in [0.25, 0.3) is 5.65 Å². The number of aromatic nitrogens is 4. The average Bonchev–Trinajstić information content (AvgIpc) is 2.98. The molecule has 2 heterocycles. The number of hydrogen-bond acceptors (Lipinski definition) is 5. The van der Waals surface area contributed by atoms with Crippen LogP contribution in [0.2, 0.25) is 0 Å². The second-order valence-electron chi connectivity index (χ2n) is 5.65. The Labute approximate surface area is 141 Å². The second-order valence-corrected chi connectivity index (χ2v) is 5.65. The molecule has 0 radical (unpaired) electrons. The molecule has 0 amide bonds. The van der Waals surface area contributed by atoms with Crippen LogP contribution in [0.3, 0.4) is 0 Å². The lowest BCUT2D eigenvalue weighted by atomic mass is 10.1. The molecule has 25 heavy (non-hydrogen) atoms. The van der Waals surface area contributed by atoms with Gasteiger partial charge < -0.3 is 9.64 Å². The topological polar surface area (TPSA) is 55.5 Å². The zero-order chi connectivity index (χ0) is 18.2. The van der Waals surface area contributed by atoms with E-state index in [1.54, 1.807) is 25.1 Å². The predicted molar refractivity (Wildman–Crippen MR) is 85.6 cm³/mol. The van der Waals surface area contributed by atoms with Crippen molar-refractivity contribution in [2.45, 2.75) is 19.6 Å². The average molecular weight is 351 g/mol. The minimum Gasteiger partial charge on any atom is -0.496 e. The molecule has 0 saturated heterocycles. The molecule has 9 heteroatoms. The zero-order valence-corrected chi connectivity index (χ0v) is 13.9. The lowest BCUT2D eigenvalue weighted by molar-refractivity contribution is -0.146. The Bertz CT molecular complexity index is 906. The molecule has 3 aromatic rings. The van der Waals surface area contributed by atoms with Gasteiger partial charge in [0, 0.05) is 19.2 Å². The third-order valence-electron chi connectivity index (χ3n) is 3.74. The number of methoxy groups -OCH3 is 1. The molecule has 0 N–H and O–H groups in total. The Kier molecular flexibility index (Phi) is 4.23. The molecule has 0 fully saturated rings. The Balaban J connectivity index is 1.95. The first-order chi connectivity index (χ1) is 11.8. The first kappa shape index (κ1) is 17.0. The molecule has 0 saturated carbocycles. The van der Waals surface area contributed by atoms with Crippen LogP contribution < -0.4 is 9.64 Å². The van der Waals surface area contributed by atoms with Crippen LogP contribution in [-0.4, -0.2) is 34.0 Å². The fourth-order valence-corrected chi connectivity index (χ4v) is 2.53. The van der Waals surface area contributed by atoms with E-state index in [4.69, 9.17) is 4.74 Å². The highest BCUT2D eigenvalue weighted by Gasteiger charge is 2.37. The van der Waals surface area contributed by atoms with Crippen molar-refractivity contribution >= 4 is 11.5 Å². The van der Waals surface area contributed by atoms with E-state index in [2.05, 4.69) is 15.3 Å². The third kappa shape index (κ3) is 3.35. The Hall–Kier alpha value is -2.84. The van der Waals surface area contributed by atoms with E-state index in [0.717, 1.165) is 11.1 Å². The lowest BCUT2D eigenvalue weighted by Gasteiger charge is -2.20. The van der Waals surface area contributed by atoms with Crippen molar-refractivity contribution < 1.29 is 17.9 Å². The Morgan fingerprint density at radius 2 is 1.92 bits per heavy atom. The van der Waals surface area contributed by atoms with Crippen LogP contribution >= 0.6 is 0 Å². The van der Waals surface area contributed by atoms with Gasteiger partial charge in [-0.2, -0.15) is 17.7 Å². The molecule has 0 bridgehead atoms. The van der Waals surface area contributed by atoms with Crippen LogP contribution in [0.5, 0.6) is 5.75 Å². The van der Waals surface area contributed by atoms with E-state index in [9.17, 15) is 13.2 Å². The van der Waals surface area contributed by atoms with Gasteiger partial charge >= 0.3 is 6.18 Å². The normalized spacial score (nSPS) is 11.8. The molecule has 2 aromatic heterocycles. The molecule has 6 nitrogen and oxygen atoms in total. The standard InChI is InChI=1S/C16H16F3N5O/c1-10-4-5-12(25-3)11(8-10)9-23(2)14-7-6-13-20-21-15(16(17,18)19)24(13)22-14/h4-8H,9H2,1-3H3. The number of ether oxygens (including phenoxy) is 1. The number of anilines is 1. The Morgan fingerprint density at radius 3 is 2.60 bits per heavy atom. The highest BCUT2D eigenvalue weighted by molar-refractivity contribution is 5.47. The maximum absolute atomic E-state index is 13.0. The number of nitrogens with zero attached hydrogens (tertiary/aromatic N) is 5. The summed E-state index contributed by atoms with van der Waals surface area (Å²) < 4.78 is 45.0. The van der Waals surface area contributed by atoms with Gasteiger partial charge in [-0.05, 0) is 25.1 Å². The van der Waals surface area contributed by atoms with Gasteiger partial charge in [-0.3, -0.25) is 0 Å². The van der Waals surface area contributed by atoms with Gasteiger partial charge in [-0.1, -0.05) is 17.7 Å².